The first-order valence-corrected chi connectivity index (χ1v) is 11.3. The Balaban J connectivity index is 1.69. The lowest BCUT2D eigenvalue weighted by atomic mass is 9.75. The average molecular weight is 379 g/mol. The molecule has 0 aromatic heterocycles. The average Bonchev–Trinajstić information content (AvgIpc) is 3.18. The summed E-state index contributed by atoms with van der Waals surface area (Å²) in [6, 6.07) is 0. The summed E-state index contributed by atoms with van der Waals surface area (Å²) in [4.78, 5) is 12.7. The van der Waals surface area contributed by atoms with E-state index in [2.05, 4.69) is 34.6 Å². The van der Waals surface area contributed by atoms with Crippen molar-refractivity contribution in [2.24, 2.45) is 46.3 Å². The molecule has 0 aliphatic heterocycles. The van der Waals surface area contributed by atoms with Gasteiger partial charge in [-0.25, -0.2) is 0 Å². The van der Waals surface area contributed by atoms with Crippen LogP contribution in [-0.2, 0) is 14.3 Å². The predicted molar refractivity (Wildman–Crippen MR) is 109 cm³/mol. The zero-order valence-corrected chi connectivity index (χ0v) is 18.9. The molecule has 0 N–H and O–H groups in total. The lowest BCUT2D eigenvalue weighted by molar-refractivity contribution is -0.213. The van der Waals surface area contributed by atoms with E-state index in [0.29, 0.717) is 5.92 Å². The van der Waals surface area contributed by atoms with E-state index in [-0.39, 0.29) is 17.5 Å². The Morgan fingerprint density at radius 1 is 1.00 bits per heavy atom. The van der Waals surface area contributed by atoms with Crippen molar-refractivity contribution < 1.29 is 14.3 Å². The Hall–Kier alpha value is -0.570. The zero-order valence-electron chi connectivity index (χ0n) is 18.9. The van der Waals surface area contributed by atoms with E-state index in [1.807, 2.05) is 20.8 Å². The van der Waals surface area contributed by atoms with E-state index in [0.717, 1.165) is 48.9 Å². The Morgan fingerprint density at radius 2 is 1.63 bits per heavy atom. The van der Waals surface area contributed by atoms with Crippen molar-refractivity contribution in [2.75, 3.05) is 0 Å². The van der Waals surface area contributed by atoms with E-state index in [1.54, 1.807) is 0 Å². The molecule has 8 unspecified atom stereocenters. The normalized spacial score (nSPS) is 39.5. The monoisotopic (exact) mass is 378 g/mol. The van der Waals surface area contributed by atoms with Gasteiger partial charge in [0.1, 0.15) is 0 Å². The lowest BCUT2D eigenvalue weighted by Gasteiger charge is -2.38. The van der Waals surface area contributed by atoms with Gasteiger partial charge in [-0.05, 0) is 80.5 Å². The molecule has 3 heteroatoms. The van der Waals surface area contributed by atoms with Crippen LogP contribution >= 0.6 is 0 Å². The molecule has 8 atom stereocenters. The molecule has 0 saturated heterocycles. The van der Waals surface area contributed by atoms with E-state index in [1.165, 1.54) is 12.8 Å². The van der Waals surface area contributed by atoms with Gasteiger partial charge < -0.3 is 9.47 Å². The third-order valence-electron chi connectivity index (χ3n) is 7.91. The predicted octanol–water partition coefficient (Wildman–Crippen LogP) is 6.06. The molecule has 0 heterocycles. The molecule has 156 valence electrons. The van der Waals surface area contributed by atoms with Gasteiger partial charge in [-0.2, -0.15) is 0 Å². The van der Waals surface area contributed by atoms with Crippen LogP contribution in [0.25, 0.3) is 0 Å². The van der Waals surface area contributed by atoms with E-state index in [9.17, 15) is 4.79 Å². The van der Waals surface area contributed by atoms with Crippen molar-refractivity contribution in [3.63, 3.8) is 0 Å². The number of hydrogen-bond donors (Lipinski definition) is 0. The van der Waals surface area contributed by atoms with Crippen LogP contribution in [0.4, 0.5) is 0 Å². The molecule has 0 aromatic carbocycles. The summed E-state index contributed by atoms with van der Waals surface area (Å²) in [6.07, 6.45) is 5.26. The minimum atomic E-state index is -0.450. The highest BCUT2D eigenvalue weighted by molar-refractivity contribution is 5.75. The van der Waals surface area contributed by atoms with Crippen molar-refractivity contribution in [3.8, 4) is 0 Å². The van der Waals surface area contributed by atoms with E-state index >= 15 is 0 Å². The van der Waals surface area contributed by atoms with E-state index < -0.39 is 11.7 Å². The van der Waals surface area contributed by atoms with Crippen LogP contribution in [0.5, 0.6) is 0 Å². The maximum Gasteiger partial charge on any atom is 0.313 e. The summed E-state index contributed by atoms with van der Waals surface area (Å²) in [6.45, 7) is 17.4. The van der Waals surface area contributed by atoms with Crippen LogP contribution in [-0.4, -0.2) is 18.4 Å². The molecule has 2 bridgehead atoms. The molecule has 3 rings (SSSR count). The summed E-state index contributed by atoms with van der Waals surface area (Å²) < 4.78 is 12.5. The smallest absolute Gasteiger partial charge is 0.313 e. The summed E-state index contributed by atoms with van der Waals surface area (Å²) in [5.74, 6) is 4.78. The Morgan fingerprint density at radius 3 is 2.22 bits per heavy atom. The van der Waals surface area contributed by atoms with Gasteiger partial charge in [-0.1, -0.05) is 41.5 Å². The van der Waals surface area contributed by atoms with Gasteiger partial charge in [0.25, 0.3) is 0 Å². The van der Waals surface area contributed by atoms with Gasteiger partial charge >= 0.3 is 5.97 Å². The third kappa shape index (κ3) is 4.23. The lowest BCUT2D eigenvalue weighted by Crippen LogP contribution is -2.40. The molecule has 3 nitrogen and oxygen atoms in total. The van der Waals surface area contributed by atoms with Crippen LogP contribution in [0.3, 0.4) is 0 Å². The fourth-order valence-electron chi connectivity index (χ4n) is 6.33. The van der Waals surface area contributed by atoms with Gasteiger partial charge in [0.15, 0.2) is 0 Å². The quantitative estimate of drug-likeness (QED) is 0.416. The molecule has 3 fully saturated rings. The zero-order chi connectivity index (χ0) is 20.1. The molecule has 0 spiro atoms. The maximum atomic E-state index is 12.7. The highest BCUT2D eigenvalue weighted by Crippen LogP contribution is 2.63. The first-order valence-electron chi connectivity index (χ1n) is 11.3. The summed E-state index contributed by atoms with van der Waals surface area (Å²) in [5.41, 5.74) is -0.384. The number of carbonyl (C=O) groups excluding carboxylic acids is 1. The molecule has 0 amide bonds. The fourth-order valence-corrected chi connectivity index (χ4v) is 6.33. The molecule has 0 radical (unpaired) electrons. The van der Waals surface area contributed by atoms with Crippen molar-refractivity contribution in [1.82, 2.24) is 0 Å². The second-order valence-corrected chi connectivity index (χ2v) is 11.8. The molecule has 27 heavy (non-hydrogen) atoms. The van der Waals surface area contributed by atoms with Gasteiger partial charge in [0, 0.05) is 6.42 Å². The summed E-state index contributed by atoms with van der Waals surface area (Å²) >= 11 is 0. The van der Waals surface area contributed by atoms with Gasteiger partial charge in [0.2, 0.25) is 6.29 Å². The first-order chi connectivity index (χ1) is 12.4. The maximum absolute atomic E-state index is 12.7. The van der Waals surface area contributed by atoms with E-state index in [4.69, 9.17) is 9.47 Å². The van der Waals surface area contributed by atoms with Crippen LogP contribution in [0.15, 0.2) is 0 Å². The van der Waals surface area contributed by atoms with Crippen LogP contribution in [0.2, 0.25) is 0 Å². The van der Waals surface area contributed by atoms with Crippen LogP contribution < -0.4 is 0 Å². The molecular formula is C24H42O3. The minimum absolute atomic E-state index is 0.0661. The molecular weight excluding hydrogens is 336 g/mol. The Labute approximate surface area is 167 Å². The number of rotatable bonds is 6. The first kappa shape index (κ1) is 21.1. The second kappa shape index (κ2) is 7.35. The van der Waals surface area contributed by atoms with Crippen molar-refractivity contribution >= 4 is 5.97 Å². The van der Waals surface area contributed by atoms with Crippen molar-refractivity contribution in [1.29, 1.82) is 0 Å². The number of fused-ring (bicyclic) bond motifs is 5. The Kier molecular flexibility index (Phi) is 5.76. The molecule has 3 aliphatic rings. The topological polar surface area (TPSA) is 35.5 Å². The fraction of sp³-hybridized carbons (Fsp3) is 0.958. The second-order valence-electron chi connectivity index (χ2n) is 11.8. The largest absolute Gasteiger partial charge is 0.435 e. The molecule has 3 saturated carbocycles. The summed E-state index contributed by atoms with van der Waals surface area (Å²) in [7, 11) is 0. The standard InChI is InChI=1S/C24H42O3/c1-9-24(7,8)22(25)27-19(13-23(4,5)6)26-18-12-16-11-17(18)21-15(3)10-14(2)20(16)21/h14-21H,9-13H2,1-8H3. The molecule has 3 aliphatic carbocycles. The van der Waals surface area contributed by atoms with Gasteiger partial charge in [0.05, 0.1) is 11.5 Å². The number of carbonyl (C=O) groups is 1. The molecule has 0 aromatic rings. The van der Waals surface area contributed by atoms with Gasteiger partial charge in [-0.15, -0.1) is 0 Å². The van der Waals surface area contributed by atoms with Crippen LogP contribution in [0.1, 0.15) is 87.5 Å². The SMILES string of the molecule is CCC(C)(C)C(=O)OC(CC(C)(C)C)OC1CC2CC1C1C(C)CC(C)C21. The number of hydrogen-bond acceptors (Lipinski definition) is 3. The number of ether oxygens (including phenoxy) is 2. The van der Waals surface area contributed by atoms with Gasteiger partial charge in [-0.3, -0.25) is 4.79 Å². The Bertz CT molecular complexity index is 546. The highest BCUT2D eigenvalue weighted by atomic mass is 16.7. The van der Waals surface area contributed by atoms with Crippen molar-refractivity contribution in [2.45, 2.75) is 99.9 Å². The third-order valence-corrected chi connectivity index (χ3v) is 7.91. The highest BCUT2D eigenvalue weighted by Gasteiger charge is 2.59. The minimum Gasteiger partial charge on any atom is -0.435 e. The van der Waals surface area contributed by atoms with Crippen molar-refractivity contribution in [3.05, 3.63) is 0 Å². The summed E-state index contributed by atoms with van der Waals surface area (Å²) in [5, 5.41) is 0. The number of esters is 1. The van der Waals surface area contributed by atoms with Crippen LogP contribution in [0, 0.1) is 46.3 Å².